The zero-order chi connectivity index (χ0) is 19.4. The summed E-state index contributed by atoms with van der Waals surface area (Å²) in [7, 11) is 0. The van der Waals surface area contributed by atoms with Gasteiger partial charge in [-0.05, 0) is 43.5 Å². The minimum absolute atomic E-state index is 0.204. The number of nitrogens with one attached hydrogen (secondary N) is 1. The molecule has 0 fully saturated rings. The zero-order valence-corrected chi connectivity index (χ0v) is 15.9. The fourth-order valence-corrected chi connectivity index (χ4v) is 3.41. The van der Waals surface area contributed by atoms with Gasteiger partial charge in [0, 0.05) is 29.6 Å². The van der Waals surface area contributed by atoms with Crippen LogP contribution in [0.25, 0.3) is 0 Å². The van der Waals surface area contributed by atoms with Crippen molar-refractivity contribution in [2.75, 3.05) is 6.54 Å². The molecule has 1 heterocycles. The summed E-state index contributed by atoms with van der Waals surface area (Å²) in [5.41, 5.74) is 6.43. The zero-order valence-electron chi connectivity index (χ0n) is 15.2. The molecule has 1 radical (unpaired) electrons. The van der Waals surface area contributed by atoms with Crippen molar-refractivity contribution in [3.05, 3.63) is 71.1 Å². The molecule has 2 aromatic carbocycles. The summed E-state index contributed by atoms with van der Waals surface area (Å²) in [6.45, 7) is 2.03. The number of ether oxygens (including phenoxy) is 1. The van der Waals surface area contributed by atoms with E-state index < -0.39 is 17.6 Å². The number of hydrogen-bond donors (Lipinski definition) is 3. The Morgan fingerprint density at radius 3 is 2.85 bits per heavy atom. The highest BCUT2D eigenvalue weighted by Gasteiger charge is 2.42. The fourth-order valence-electron chi connectivity index (χ4n) is 3.23. The molecule has 4 N–H and O–H groups in total. The van der Waals surface area contributed by atoms with Crippen LogP contribution < -0.4 is 15.8 Å². The van der Waals surface area contributed by atoms with Crippen LogP contribution in [0.4, 0.5) is 0 Å². The first-order valence-electron chi connectivity index (χ1n) is 8.94. The van der Waals surface area contributed by atoms with Gasteiger partial charge in [-0.15, -0.1) is 0 Å². The third kappa shape index (κ3) is 4.80. The van der Waals surface area contributed by atoms with Gasteiger partial charge in [0.2, 0.25) is 0 Å². The standard InChI is InChI=1S/C21H24ClN2O3/c1-21(20(23)26)12-18(17-11-15(22)8-10-19(17)27-21)24-13-16(25)9-7-14-5-3-2-4-6-14/h2-6,8-11,16,18,24-25H,7,12-13H2,1H3,(H2,23,26)/t16-,18?,21?/m1/s1. The molecule has 0 aromatic heterocycles. The van der Waals surface area contributed by atoms with Crippen molar-refractivity contribution in [3.8, 4) is 5.75 Å². The number of benzene rings is 2. The lowest BCUT2D eigenvalue weighted by Gasteiger charge is -2.38. The van der Waals surface area contributed by atoms with Crippen LogP contribution in [0.5, 0.6) is 5.75 Å². The van der Waals surface area contributed by atoms with Crippen molar-refractivity contribution < 1.29 is 14.6 Å². The van der Waals surface area contributed by atoms with Gasteiger partial charge in [0.25, 0.3) is 5.91 Å². The van der Waals surface area contributed by atoms with Crippen molar-refractivity contribution in [2.45, 2.75) is 37.5 Å². The number of hydrogen-bond acceptors (Lipinski definition) is 4. The van der Waals surface area contributed by atoms with E-state index in [2.05, 4.69) is 5.32 Å². The van der Waals surface area contributed by atoms with E-state index in [0.29, 0.717) is 30.2 Å². The van der Waals surface area contributed by atoms with Crippen LogP contribution >= 0.6 is 11.6 Å². The SMILES string of the molecule is CC1(C(N)=O)CC(NC[C@H](O)[CH]Cc2ccccc2)c2cc(Cl)ccc2O1. The first-order chi connectivity index (χ1) is 12.9. The topological polar surface area (TPSA) is 84.6 Å². The number of amides is 1. The van der Waals surface area contributed by atoms with E-state index in [1.165, 1.54) is 0 Å². The van der Waals surface area contributed by atoms with Gasteiger partial charge < -0.3 is 20.9 Å². The Labute approximate surface area is 164 Å². The van der Waals surface area contributed by atoms with E-state index in [-0.39, 0.29) is 6.04 Å². The Morgan fingerprint density at radius 1 is 1.41 bits per heavy atom. The number of rotatable bonds is 7. The first kappa shape index (κ1) is 19.7. The molecule has 5 nitrogen and oxygen atoms in total. The normalized spacial score (nSPS) is 22.6. The van der Waals surface area contributed by atoms with Crippen LogP contribution in [0.3, 0.4) is 0 Å². The Kier molecular flexibility index (Phi) is 6.05. The van der Waals surface area contributed by atoms with Crippen molar-refractivity contribution in [1.29, 1.82) is 0 Å². The number of halogens is 1. The summed E-state index contributed by atoms with van der Waals surface area (Å²) in [6, 6.07) is 15.0. The molecule has 1 aliphatic heterocycles. The molecule has 0 bridgehead atoms. The molecule has 1 amide bonds. The van der Waals surface area contributed by atoms with Crippen LogP contribution in [0.2, 0.25) is 5.02 Å². The molecule has 0 aliphatic carbocycles. The molecule has 6 heteroatoms. The van der Waals surface area contributed by atoms with Gasteiger partial charge in [-0.2, -0.15) is 0 Å². The monoisotopic (exact) mass is 387 g/mol. The van der Waals surface area contributed by atoms with Crippen molar-refractivity contribution in [3.63, 3.8) is 0 Å². The van der Waals surface area contributed by atoms with Gasteiger partial charge in [0.1, 0.15) is 5.75 Å². The second kappa shape index (κ2) is 8.30. The number of primary amides is 1. The fraction of sp³-hybridized carbons (Fsp3) is 0.333. The summed E-state index contributed by atoms with van der Waals surface area (Å²) in [5.74, 6) is 0.0540. The predicted octanol–water partition coefficient (Wildman–Crippen LogP) is 2.81. The van der Waals surface area contributed by atoms with Crippen LogP contribution in [-0.4, -0.2) is 29.3 Å². The third-order valence-corrected chi connectivity index (χ3v) is 5.07. The largest absolute Gasteiger partial charge is 0.477 e. The van der Waals surface area contributed by atoms with E-state index in [1.54, 1.807) is 19.1 Å². The molecular weight excluding hydrogens is 364 g/mol. The van der Waals surface area contributed by atoms with Gasteiger partial charge >= 0.3 is 0 Å². The van der Waals surface area contributed by atoms with Crippen LogP contribution in [0.1, 0.15) is 30.5 Å². The average molecular weight is 388 g/mol. The number of carbonyl (C=O) groups is 1. The molecule has 143 valence electrons. The molecule has 0 spiro atoms. The van der Waals surface area contributed by atoms with Gasteiger partial charge in [-0.3, -0.25) is 4.79 Å². The lowest BCUT2D eigenvalue weighted by atomic mass is 9.87. The van der Waals surface area contributed by atoms with E-state index in [4.69, 9.17) is 22.1 Å². The quantitative estimate of drug-likeness (QED) is 0.682. The smallest absolute Gasteiger partial charge is 0.261 e. The van der Waals surface area contributed by atoms with Gasteiger partial charge in [0.05, 0.1) is 6.10 Å². The van der Waals surface area contributed by atoms with Gasteiger partial charge in [0.15, 0.2) is 5.60 Å². The molecule has 3 atom stereocenters. The summed E-state index contributed by atoms with van der Waals surface area (Å²) >= 11 is 6.13. The number of aliphatic hydroxyl groups is 1. The van der Waals surface area contributed by atoms with Crippen molar-refractivity contribution in [2.24, 2.45) is 5.73 Å². The third-order valence-electron chi connectivity index (χ3n) is 4.84. The number of carbonyl (C=O) groups excluding carboxylic acids is 1. The summed E-state index contributed by atoms with van der Waals surface area (Å²) in [6.07, 6.45) is 2.27. The lowest BCUT2D eigenvalue weighted by Crippen LogP contribution is -2.51. The molecule has 0 saturated heterocycles. The molecule has 3 rings (SSSR count). The van der Waals surface area contributed by atoms with E-state index >= 15 is 0 Å². The second-order valence-electron chi connectivity index (χ2n) is 7.04. The first-order valence-corrected chi connectivity index (χ1v) is 9.32. The lowest BCUT2D eigenvalue weighted by molar-refractivity contribution is -0.134. The van der Waals surface area contributed by atoms with E-state index in [1.807, 2.05) is 42.8 Å². The number of aliphatic hydroxyl groups excluding tert-OH is 1. The highest BCUT2D eigenvalue weighted by Crippen LogP contribution is 2.40. The maximum atomic E-state index is 11.9. The molecular formula is C21H24ClN2O3. The van der Waals surface area contributed by atoms with Gasteiger partial charge in [-0.1, -0.05) is 41.9 Å². The molecule has 0 saturated carbocycles. The second-order valence-corrected chi connectivity index (χ2v) is 7.47. The minimum atomic E-state index is -1.11. The summed E-state index contributed by atoms with van der Waals surface area (Å²) < 4.78 is 5.83. The van der Waals surface area contributed by atoms with E-state index in [9.17, 15) is 9.90 Å². The minimum Gasteiger partial charge on any atom is -0.477 e. The average Bonchev–Trinajstić information content (AvgIpc) is 2.65. The highest BCUT2D eigenvalue weighted by atomic mass is 35.5. The van der Waals surface area contributed by atoms with Crippen LogP contribution in [0.15, 0.2) is 48.5 Å². The van der Waals surface area contributed by atoms with Crippen LogP contribution in [0, 0.1) is 6.42 Å². The molecule has 2 aromatic rings. The summed E-state index contributed by atoms with van der Waals surface area (Å²) in [4.78, 5) is 11.9. The predicted molar refractivity (Wildman–Crippen MR) is 105 cm³/mol. The Balaban J connectivity index is 1.66. The molecule has 1 aliphatic rings. The van der Waals surface area contributed by atoms with Gasteiger partial charge in [-0.25, -0.2) is 0 Å². The maximum Gasteiger partial charge on any atom is 0.261 e. The Morgan fingerprint density at radius 2 is 2.15 bits per heavy atom. The van der Waals surface area contributed by atoms with Crippen LogP contribution in [-0.2, 0) is 11.2 Å². The molecule has 27 heavy (non-hydrogen) atoms. The Hall–Kier alpha value is -2.08. The van der Waals surface area contributed by atoms with E-state index in [0.717, 1.165) is 11.1 Å². The number of fused-ring (bicyclic) bond motifs is 1. The highest BCUT2D eigenvalue weighted by molar-refractivity contribution is 6.30. The number of nitrogens with two attached hydrogens (primary N) is 1. The van der Waals surface area contributed by atoms with Crippen molar-refractivity contribution in [1.82, 2.24) is 5.32 Å². The van der Waals surface area contributed by atoms with Crippen molar-refractivity contribution >= 4 is 17.5 Å². The summed E-state index contributed by atoms with van der Waals surface area (Å²) in [5, 5.41) is 14.2. The Bertz CT molecular complexity index is 799. The molecule has 2 unspecified atom stereocenters. The maximum absolute atomic E-state index is 11.9.